The van der Waals surface area contributed by atoms with Crippen LogP contribution in [-0.4, -0.2) is 39.9 Å². The van der Waals surface area contributed by atoms with Crippen LogP contribution in [0.1, 0.15) is 22.8 Å². The maximum absolute atomic E-state index is 15.6. The molecule has 0 saturated carbocycles. The second kappa shape index (κ2) is 9.75. The quantitative estimate of drug-likeness (QED) is 0.310. The van der Waals surface area contributed by atoms with Crippen LogP contribution in [0.25, 0.3) is 11.1 Å². The Morgan fingerprint density at radius 3 is 2.53 bits per heavy atom. The van der Waals surface area contributed by atoms with E-state index in [0.717, 1.165) is 6.08 Å². The molecule has 0 saturated heterocycles. The molecule has 1 amide bonds. The number of anilines is 1. The van der Waals surface area contributed by atoms with Crippen LogP contribution in [0.4, 0.5) is 14.5 Å². The summed E-state index contributed by atoms with van der Waals surface area (Å²) in [5.41, 5.74) is 0.820. The molecule has 0 aliphatic rings. The van der Waals surface area contributed by atoms with Crippen LogP contribution in [0.15, 0.2) is 41.6 Å². The van der Waals surface area contributed by atoms with Crippen molar-refractivity contribution in [2.24, 2.45) is 7.05 Å². The number of ether oxygens (including phenoxy) is 2. The molecule has 0 spiro atoms. The van der Waals surface area contributed by atoms with E-state index in [4.69, 9.17) is 37.1 Å². The van der Waals surface area contributed by atoms with E-state index < -0.39 is 33.3 Å². The van der Waals surface area contributed by atoms with Gasteiger partial charge in [-0.3, -0.25) is 14.5 Å². The van der Waals surface area contributed by atoms with Crippen molar-refractivity contribution in [1.82, 2.24) is 19.7 Å². The lowest BCUT2D eigenvalue weighted by Crippen LogP contribution is -2.18. The van der Waals surface area contributed by atoms with Crippen molar-refractivity contribution in [3.05, 3.63) is 70.1 Å². The zero-order valence-electron chi connectivity index (χ0n) is 19.2. The molecule has 0 bridgehead atoms. The number of hydrogen-bond acceptors (Lipinski definition) is 7. The molecule has 4 rings (SSSR count). The number of nitrogens with zero attached hydrogens (tertiary/aromatic N) is 4. The third-order valence-electron chi connectivity index (χ3n) is 5.19. The SMILES string of the molecule is C=CC(=O)Nc1cn(C)nc1Cc1cc2nc(C(F)(F)c3c(Cl)c(OC)cc(OC)c3Cl)oc2cn1. The molecule has 0 aliphatic heterocycles. The number of pyridine rings is 1. The summed E-state index contributed by atoms with van der Waals surface area (Å²) in [5, 5.41) is 6.18. The van der Waals surface area contributed by atoms with Crippen molar-refractivity contribution in [2.75, 3.05) is 19.5 Å². The van der Waals surface area contributed by atoms with Gasteiger partial charge in [0, 0.05) is 31.4 Å². The number of hydrogen-bond donors (Lipinski definition) is 1. The normalized spacial score (nSPS) is 11.5. The highest BCUT2D eigenvalue weighted by Crippen LogP contribution is 2.50. The molecular formula is C23H19Cl2F2N5O4. The number of oxazole rings is 1. The van der Waals surface area contributed by atoms with Gasteiger partial charge in [-0.2, -0.15) is 13.9 Å². The number of benzene rings is 1. The summed E-state index contributed by atoms with van der Waals surface area (Å²) in [6.07, 6.45) is 4.22. The first-order valence-corrected chi connectivity index (χ1v) is 11.0. The molecule has 3 heterocycles. The van der Waals surface area contributed by atoms with E-state index in [-0.39, 0.29) is 29.0 Å². The Balaban J connectivity index is 1.72. The first-order chi connectivity index (χ1) is 17.1. The van der Waals surface area contributed by atoms with Crippen molar-refractivity contribution in [3.8, 4) is 11.5 Å². The second-order valence-corrected chi connectivity index (χ2v) is 8.31. The fourth-order valence-corrected chi connectivity index (χ4v) is 4.24. The van der Waals surface area contributed by atoms with Gasteiger partial charge >= 0.3 is 5.92 Å². The van der Waals surface area contributed by atoms with E-state index >= 15 is 8.78 Å². The standard InChI is InChI=1S/C23H19Cl2F2N5O4/c1-5-18(33)29-14-10-32(2)31-12(14)6-11-7-13-17(9-28-11)36-22(30-13)23(26,27)19-20(24)15(34-3)8-16(35-4)21(19)25/h5,7-10H,1,6H2,2-4H3,(H,29,33). The molecule has 0 unspecified atom stereocenters. The van der Waals surface area contributed by atoms with Crippen LogP contribution in [-0.2, 0) is 24.2 Å². The minimum atomic E-state index is -3.84. The topological polar surface area (TPSA) is 104 Å². The smallest absolute Gasteiger partial charge is 0.350 e. The van der Waals surface area contributed by atoms with Crippen LogP contribution < -0.4 is 14.8 Å². The number of amides is 1. The number of carbonyl (C=O) groups excluding carboxylic acids is 1. The van der Waals surface area contributed by atoms with E-state index in [1.54, 1.807) is 13.2 Å². The Labute approximate surface area is 213 Å². The average molecular weight is 538 g/mol. The van der Waals surface area contributed by atoms with Gasteiger partial charge in [-0.25, -0.2) is 4.98 Å². The highest BCUT2D eigenvalue weighted by molar-refractivity contribution is 6.38. The van der Waals surface area contributed by atoms with Gasteiger partial charge in [0.25, 0.3) is 5.89 Å². The first-order valence-electron chi connectivity index (χ1n) is 10.3. The van der Waals surface area contributed by atoms with E-state index in [1.165, 1.54) is 37.2 Å². The number of methoxy groups -OCH3 is 2. The maximum atomic E-state index is 15.6. The zero-order valence-corrected chi connectivity index (χ0v) is 20.7. The number of nitrogens with one attached hydrogen (secondary N) is 1. The lowest BCUT2D eigenvalue weighted by atomic mass is 10.1. The molecule has 0 aliphatic carbocycles. The molecule has 36 heavy (non-hydrogen) atoms. The summed E-state index contributed by atoms with van der Waals surface area (Å²) in [6, 6.07) is 2.79. The number of aryl methyl sites for hydroxylation is 1. The van der Waals surface area contributed by atoms with Gasteiger partial charge in [-0.05, 0) is 12.1 Å². The summed E-state index contributed by atoms with van der Waals surface area (Å²) in [4.78, 5) is 19.9. The Morgan fingerprint density at radius 1 is 1.25 bits per heavy atom. The monoisotopic (exact) mass is 537 g/mol. The minimum absolute atomic E-state index is 0.0248. The van der Waals surface area contributed by atoms with Gasteiger partial charge < -0.3 is 19.2 Å². The predicted octanol–water partition coefficient (Wildman–Crippen LogP) is 5.14. The van der Waals surface area contributed by atoms with Crippen LogP contribution in [0, 0.1) is 0 Å². The highest BCUT2D eigenvalue weighted by Gasteiger charge is 2.45. The van der Waals surface area contributed by atoms with Crippen LogP contribution in [0.3, 0.4) is 0 Å². The molecule has 13 heteroatoms. The van der Waals surface area contributed by atoms with Gasteiger partial charge in [-0.1, -0.05) is 29.8 Å². The van der Waals surface area contributed by atoms with Crippen molar-refractivity contribution < 1.29 is 27.5 Å². The minimum Gasteiger partial charge on any atom is -0.495 e. The Morgan fingerprint density at radius 2 is 1.92 bits per heavy atom. The number of rotatable bonds is 8. The van der Waals surface area contributed by atoms with Crippen molar-refractivity contribution >= 4 is 45.9 Å². The molecule has 0 atom stereocenters. The third kappa shape index (κ3) is 4.59. The predicted molar refractivity (Wildman–Crippen MR) is 129 cm³/mol. The largest absolute Gasteiger partial charge is 0.495 e. The first kappa shape index (κ1) is 25.4. The van der Waals surface area contributed by atoms with Gasteiger partial charge in [0.2, 0.25) is 5.91 Å². The molecule has 3 aromatic heterocycles. The average Bonchev–Trinajstić information content (AvgIpc) is 3.42. The van der Waals surface area contributed by atoms with Gasteiger partial charge in [0.15, 0.2) is 5.58 Å². The van der Waals surface area contributed by atoms with Crippen LogP contribution in [0.2, 0.25) is 10.0 Å². The fraction of sp³-hybridized carbons (Fsp3) is 0.217. The molecule has 188 valence electrons. The number of carbonyl (C=O) groups is 1. The van der Waals surface area contributed by atoms with Crippen LogP contribution in [0.5, 0.6) is 11.5 Å². The van der Waals surface area contributed by atoms with E-state index in [1.807, 2.05) is 0 Å². The molecular weight excluding hydrogens is 519 g/mol. The Kier molecular flexibility index (Phi) is 6.87. The Bertz CT molecular complexity index is 1460. The fourth-order valence-electron chi connectivity index (χ4n) is 3.50. The summed E-state index contributed by atoms with van der Waals surface area (Å²) < 4.78 is 48.3. The molecule has 9 nitrogen and oxygen atoms in total. The van der Waals surface area contributed by atoms with Crippen molar-refractivity contribution in [1.29, 1.82) is 0 Å². The molecule has 4 aromatic rings. The number of halogens is 4. The van der Waals surface area contributed by atoms with E-state index in [2.05, 4.69) is 27.0 Å². The summed E-state index contributed by atoms with van der Waals surface area (Å²) in [7, 11) is 4.25. The number of aromatic nitrogens is 4. The second-order valence-electron chi connectivity index (χ2n) is 7.55. The zero-order chi connectivity index (χ0) is 26.2. The Hall–Kier alpha value is -3.70. The summed E-state index contributed by atoms with van der Waals surface area (Å²) in [6.45, 7) is 3.42. The van der Waals surface area contributed by atoms with Gasteiger partial charge in [0.05, 0.1) is 47.4 Å². The van der Waals surface area contributed by atoms with E-state index in [0.29, 0.717) is 17.1 Å². The molecule has 0 fully saturated rings. The number of fused-ring (bicyclic) bond motifs is 1. The van der Waals surface area contributed by atoms with Crippen molar-refractivity contribution in [2.45, 2.75) is 12.3 Å². The van der Waals surface area contributed by atoms with Crippen LogP contribution >= 0.6 is 23.2 Å². The maximum Gasteiger partial charge on any atom is 0.350 e. The molecule has 1 aromatic carbocycles. The third-order valence-corrected chi connectivity index (χ3v) is 5.94. The lowest BCUT2D eigenvalue weighted by molar-refractivity contribution is -0.111. The van der Waals surface area contributed by atoms with Crippen molar-refractivity contribution in [3.63, 3.8) is 0 Å². The molecule has 1 N–H and O–H groups in total. The van der Waals surface area contributed by atoms with Gasteiger partial charge in [0.1, 0.15) is 17.0 Å². The van der Waals surface area contributed by atoms with Gasteiger partial charge in [-0.15, -0.1) is 0 Å². The molecule has 0 radical (unpaired) electrons. The van der Waals surface area contributed by atoms with E-state index in [9.17, 15) is 4.79 Å². The lowest BCUT2D eigenvalue weighted by Gasteiger charge is -2.19. The summed E-state index contributed by atoms with van der Waals surface area (Å²) >= 11 is 12.4. The summed E-state index contributed by atoms with van der Waals surface area (Å²) in [5.74, 6) is -5.28. The highest BCUT2D eigenvalue weighted by atomic mass is 35.5. The number of alkyl halides is 2.